The topological polar surface area (TPSA) is 114 Å². The molecule has 6 rings (SSSR count). The average Bonchev–Trinajstić information content (AvgIpc) is 3.25. The zero-order valence-corrected chi connectivity index (χ0v) is 34.9. The van der Waals surface area contributed by atoms with Gasteiger partial charge in [0.15, 0.2) is 23.0 Å². The number of fused-ring (bicyclic) bond motifs is 2. The van der Waals surface area contributed by atoms with Crippen molar-refractivity contribution in [2.45, 2.75) is 39.5 Å². The molecule has 0 radical (unpaired) electrons. The second-order valence-electron chi connectivity index (χ2n) is 14.4. The fourth-order valence-electron chi connectivity index (χ4n) is 7.86. The SMILES string of the molecule is COc1cc2c(OC)c(-c3c(C)cc4c(C(=O)NC[C@@H](C)c5ccccc5)c(OC)c(OC)cc4c3OC)c(C)cc2c(C(=O)NC[C@@H](C)c2ccccc2)c1OC. The molecule has 6 aromatic carbocycles. The maximum absolute atomic E-state index is 14.2. The first-order chi connectivity index (χ1) is 28.0. The number of nitrogens with one attached hydrogen (secondary N) is 2. The van der Waals surface area contributed by atoms with Crippen LogP contribution < -0.4 is 39.1 Å². The maximum atomic E-state index is 14.2. The van der Waals surface area contributed by atoms with E-state index in [1.165, 1.54) is 14.2 Å². The Morgan fingerprint density at radius 3 is 1.14 bits per heavy atom. The maximum Gasteiger partial charge on any atom is 0.255 e. The molecule has 0 unspecified atom stereocenters. The van der Waals surface area contributed by atoms with E-state index in [4.69, 9.17) is 28.4 Å². The third-order valence-corrected chi connectivity index (χ3v) is 10.9. The van der Waals surface area contributed by atoms with Crippen LogP contribution in [0.4, 0.5) is 0 Å². The molecule has 10 nitrogen and oxygen atoms in total. The van der Waals surface area contributed by atoms with Crippen LogP contribution in [-0.4, -0.2) is 67.6 Å². The molecule has 2 amide bonds. The van der Waals surface area contributed by atoms with Crippen molar-refractivity contribution >= 4 is 33.4 Å². The lowest BCUT2D eigenvalue weighted by Gasteiger charge is -2.24. The minimum atomic E-state index is -0.304. The summed E-state index contributed by atoms with van der Waals surface area (Å²) < 4.78 is 35.9. The molecule has 0 saturated heterocycles. The van der Waals surface area contributed by atoms with Crippen LogP contribution in [0.1, 0.15) is 68.7 Å². The molecule has 58 heavy (non-hydrogen) atoms. The molecule has 2 atom stereocenters. The van der Waals surface area contributed by atoms with Crippen LogP contribution in [0.3, 0.4) is 0 Å². The zero-order chi connectivity index (χ0) is 41.7. The number of amides is 2. The van der Waals surface area contributed by atoms with Crippen LogP contribution in [0, 0.1) is 13.8 Å². The van der Waals surface area contributed by atoms with Gasteiger partial charge in [-0.3, -0.25) is 9.59 Å². The molecule has 10 heteroatoms. The van der Waals surface area contributed by atoms with Crippen LogP contribution in [0.25, 0.3) is 32.7 Å². The Morgan fingerprint density at radius 2 is 0.828 bits per heavy atom. The second kappa shape index (κ2) is 17.8. The number of hydrogen-bond donors (Lipinski definition) is 2. The third-order valence-electron chi connectivity index (χ3n) is 10.9. The second-order valence-corrected chi connectivity index (χ2v) is 14.4. The van der Waals surface area contributed by atoms with Gasteiger partial charge in [-0.1, -0.05) is 74.5 Å². The number of benzene rings is 6. The van der Waals surface area contributed by atoms with Gasteiger partial charge in [0.1, 0.15) is 11.5 Å². The van der Waals surface area contributed by atoms with Crippen LogP contribution in [0.2, 0.25) is 0 Å². The van der Waals surface area contributed by atoms with E-state index in [0.717, 1.165) is 33.4 Å². The number of carbonyl (C=O) groups excluding carboxylic acids is 2. The van der Waals surface area contributed by atoms with Crippen molar-refractivity contribution < 1.29 is 38.0 Å². The molecule has 0 saturated carbocycles. The number of hydrogen-bond acceptors (Lipinski definition) is 8. The molecule has 0 bridgehead atoms. The summed E-state index contributed by atoms with van der Waals surface area (Å²) in [4.78, 5) is 28.4. The lowest BCUT2D eigenvalue weighted by Crippen LogP contribution is -2.28. The Balaban J connectivity index is 1.53. The van der Waals surface area contributed by atoms with Gasteiger partial charge in [-0.2, -0.15) is 0 Å². The van der Waals surface area contributed by atoms with Crippen LogP contribution in [0.5, 0.6) is 34.5 Å². The van der Waals surface area contributed by atoms with Crippen molar-refractivity contribution in [3.63, 3.8) is 0 Å². The highest BCUT2D eigenvalue weighted by atomic mass is 16.5. The number of methoxy groups -OCH3 is 6. The van der Waals surface area contributed by atoms with E-state index in [2.05, 4.69) is 24.5 Å². The van der Waals surface area contributed by atoms with Crippen LogP contribution in [-0.2, 0) is 0 Å². The molecule has 0 aliphatic heterocycles. The van der Waals surface area contributed by atoms with E-state index < -0.39 is 0 Å². The van der Waals surface area contributed by atoms with Crippen molar-refractivity contribution in [2.75, 3.05) is 55.7 Å². The van der Waals surface area contributed by atoms with Crippen molar-refractivity contribution in [1.29, 1.82) is 0 Å². The smallest absolute Gasteiger partial charge is 0.255 e. The van der Waals surface area contributed by atoms with Gasteiger partial charge in [-0.05, 0) is 72.2 Å². The van der Waals surface area contributed by atoms with Gasteiger partial charge in [0.2, 0.25) is 0 Å². The quantitative estimate of drug-likeness (QED) is 0.106. The fourth-order valence-corrected chi connectivity index (χ4v) is 7.86. The van der Waals surface area contributed by atoms with Crippen molar-refractivity contribution in [1.82, 2.24) is 10.6 Å². The highest BCUT2D eigenvalue weighted by Gasteiger charge is 2.30. The summed E-state index contributed by atoms with van der Waals surface area (Å²) in [6.07, 6.45) is 0. The first-order valence-electron chi connectivity index (χ1n) is 19.2. The summed E-state index contributed by atoms with van der Waals surface area (Å²) in [5.74, 6) is 1.95. The molecule has 0 fully saturated rings. The van der Waals surface area contributed by atoms with Crippen LogP contribution in [0.15, 0.2) is 84.9 Å². The monoisotopic (exact) mass is 784 g/mol. The predicted molar refractivity (Wildman–Crippen MR) is 230 cm³/mol. The van der Waals surface area contributed by atoms with Gasteiger partial charge in [0, 0.05) is 45.8 Å². The Morgan fingerprint density at radius 1 is 0.483 bits per heavy atom. The van der Waals surface area contributed by atoms with E-state index in [-0.39, 0.29) is 23.7 Å². The number of carbonyl (C=O) groups is 2. The van der Waals surface area contributed by atoms with E-state index in [1.54, 1.807) is 28.4 Å². The first kappa shape index (κ1) is 41.2. The zero-order valence-electron chi connectivity index (χ0n) is 34.9. The molecule has 0 aliphatic carbocycles. The number of ether oxygens (including phenoxy) is 6. The molecule has 302 valence electrons. The largest absolute Gasteiger partial charge is 0.495 e. The number of rotatable bonds is 15. The van der Waals surface area contributed by atoms with Gasteiger partial charge in [-0.25, -0.2) is 0 Å². The lowest BCUT2D eigenvalue weighted by atomic mass is 9.87. The molecule has 0 aliphatic rings. The van der Waals surface area contributed by atoms with E-state index in [0.29, 0.717) is 80.3 Å². The normalized spacial score (nSPS) is 12.1. The average molecular weight is 785 g/mol. The van der Waals surface area contributed by atoms with Crippen LogP contribution >= 0.6 is 0 Å². The van der Waals surface area contributed by atoms with E-state index in [1.807, 2.05) is 98.8 Å². The highest BCUT2D eigenvalue weighted by molar-refractivity contribution is 6.16. The van der Waals surface area contributed by atoms with Crippen molar-refractivity contribution in [3.8, 4) is 45.6 Å². The van der Waals surface area contributed by atoms with Gasteiger partial charge in [0.05, 0.1) is 53.8 Å². The Hall–Kier alpha value is -6.42. The third kappa shape index (κ3) is 7.66. The molecule has 2 N–H and O–H groups in total. The van der Waals surface area contributed by atoms with Gasteiger partial charge < -0.3 is 39.1 Å². The number of aryl methyl sites for hydroxylation is 2. The first-order valence-corrected chi connectivity index (χ1v) is 19.2. The molecule has 0 aromatic heterocycles. The fraction of sp³-hybridized carbons (Fsp3) is 0.292. The molecular weight excluding hydrogens is 733 g/mol. The summed E-state index contributed by atoms with van der Waals surface area (Å²) >= 11 is 0. The van der Waals surface area contributed by atoms with Gasteiger partial charge >= 0.3 is 0 Å². The van der Waals surface area contributed by atoms with Crippen molar-refractivity contribution in [3.05, 3.63) is 118 Å². The summed E-state index contributed by atoms with van der Waals surface area (Å²) in [5, 5.41) is 8.82. The van der Waals surface area contributed by atoms with E-state index >= 15 is 0 Å². The Bertz CT molecular complexity index is 2290. The minimum absolute atomic E-state index is 0.0715. The highest BCUT2D eigenvalue weighted by Crippen LogP contribution is 2.52. The molecule has 0 spiro atoms. The van der Waals surface area contributed by atoms with Gasteiger partial charge in [0.25, 0.3) is 11.8 Å². The standard InChI is InChI=1S/C48H52N2O8/c1-27-21-33-35(23-37(53-5)45(57-9)41(33)47(51)49-25-29(3)31-17-13-11-14-18-31)43(55-7)39(27)40-28(2)22-34-36(44(40)56-8)24-38(54-6)46(58-10)42(34)48(52)50-26-30(4)32-19-15-12-16-20-32/h11-24,29-30H,25-26H2,1-10H3,(H,49,51)(H,50,52)/t29-,30-/m1/s1. The van der Waals surface area contributed by atoms with Crippen molar-refractivity contribution in [2.24, 2.45) is 0 Å². The molecule has 0 heterocycles. The van der Waals surface area contributed by atoms with Gasteiger partial charge in [-0.15, -0.1) is 0 Å². The minimum Gasteiger partial charge on any atom is -0.495 e. The predicted octanol–water partition coefficient (Wildman–Crippen LogP) is 9.40. The van der Waals surface area contributed by atoms with E-state index in [9.17, 15) is 9.59 Å². The lowest BCUT2D eigenvalue weighted by molar-refractivity contribution is 0.0941. The summed E-state index contributed by atoms with van der Waals surface area (Å²) in [5.41, 5.74) is 6.04. The molecule has 6 aromatic rings. The summed E-state index contributed by atoms with van der Waals surface area (Å²) in [6.45, 7) is 8.90. The molecular formula is C48H52N2O8. The summed E-state index contributed by atoms with van der Waals surface area (Å²) in [7, 11) is 9.33. The summed E-state index contributed by atoms with van der Waals surface area (Å²) in [6, 6.07) is 27.7. The Kier molecular flexibility index (Phi) is 12.6. The Labute approximate surface area is 340 Å².